The molecule has 21 heavy (non-hydrogen) atoms. The third kappa shape index (κ3) is 2.74. The van der Waals surface area contributed by atoms with Crippen molar-refractivity contribution in [2.24, 2.45) is 0 Å². The van der Waals surface area contributed by atoms with Gasteiger partial charge >= 0.3 is 0 Å². The molecular formula is C15H21NO4S. The zero-order valence-electron chi connectivity index (χ0n) is 12.2. The Morgan fingerprint density at radius 1 is 1.10 bits per heavy atom. The third-order valence-electron chi connectivity index (χ3n) is 4.28. The third-order valence-corrected chi connectivity index (χ3v) is 6.21. The molecule has 5 nitrogen and oxygen atoms in total. The van der Waals surface area contributed by atoms with Gasteiger partial charge in [-0.25, -0.2) is 8.42 Å². The van der Waals surface area contributed by atoms with Crippen molar-refractivity contribution >= 4 is 10.0 Å². The fraction of sp³-hybridized carbons (Fsp3) is 0.600. The number of hydrogen-bond acceptors (Lipinski definition) is 4. The van der Waals surface area contributed by atoms with Crippen LogP contribution in [0.5, 0.6) is 11.5 Å². The molecule has 1 aromatic carbocycles. The van der Waals surface area contributed by atoms with Crippen LogP contribution in [0, 0.1) is 0 Å². The van der Waals surface area contributed by atoms with E-state index in [-0.39, 0.29) is 10.9 Å². The molecule has 2 aliphatic rings. The van der Waals surface area contributed by atoms with Gasteiger partial charge in [0.2, 0.25) is 10.0 Å². The van der Waals surface area contributed by atoms with Crippen LogP contribution in [0.1, 0.15) is 32.1 Å². The van der Waals surface area contributed by atoms with Crippen LogP contribution < -0.4 is 9.47 Å². The average Bonchev–Trinajstić information content (AvgIpc) is 2.54. The number of hydrogen-bond donors (Lipinski definition) is 0. The van der Waals surface area contributed by atoms with Gasteiger partial charge in [-0.15, -0.1) is 0 Å². The number of fused-ring (bicyclic) bond motifs is 1. The molecular weight excluding hydrogens is 290 g/mol. The highest BCUT2D eigenvalue weighted by molar-refractivity contribution is 7.89. The molecule has 0 spiro atoms. The zero-order chi connectivity index (χ0) is 14.9. The maximum atomic E-state index is 12.9. The van der Waals surface area contributed by atoms with E-state index < -0.39 is 10.0 Å². The van der Waals surface area contributed by atoms with Crippen LogP contribution in [0.25, 0.3) is 0 Å². The Hall–Kier alpha value is -1.27. The summed E-state index contributed by atoms with van der Waals surface area (Å²) in [5, 5.41) is 0. The second kappa shape index (κ2) is 5.85. The molecule has 3 rings (SSSR count). The Balaban J connectivity index is 1.94. The number of nitrogens with zero attached hydrogens (tertiary/aromatic N) is 1. The first-order valence-electron chi connectivity index (χ1n) is 7.47. The van der Waals surface area contributed by atoms with Crippen molar-refractivity contribution in [3.05, 3.63) is 18.2 Å². The van der Waals surface area contributed by atoms with Gasteiger partial charge in [-0.3, -0.25) is 0 Å². The van der Waals surface area contributed by atoms with Gasteiger partial charge in [0.25, 0.3) is 0 Å². The predicted molar refractivity (Wildman–Crippen MR) is 79.3 cm³/mol. The van der Waals surface area contributed by atoms with E-state index in [1.54, 1.807) is 25.2 Å². The summed E-state index contributed by atoms with van der Waals surface area (Å²) in [6.45, 7) is 0.835. The van der Waals surface area contributed by atoms with Crippen LogP contribution in [0.4, 0.5) is 0 Å². The van der Waals surface area contributed by atoms with Gasteiger partial charge in [-0.05, 0) is 25.0 Å². The molecule has 0 unspecified atom stereocenters. The highest BCUT2D eigenvalue weighted by Crippen LogP contribution is 2.38. The molecule has 0 amide bonds. The van der Waals surface area contributed by atoms with Crippen molar-refractivity contribution < 1.29 is 17.9 Å². The summed E-state index contributed by atoms with van der Waals surface area (Å²) in [6, 6.07) is 5.13. The van der Waals surface area contributed by atoms with Crippen LogP contribution >= 0.6 is 0 Å². The second-order valence-electron chi connectivity index (χ2n) is 5.59. The van der Waals surface area contributed by atoms with Crippen LogP contribution in [0.3, 0.4) is 0 Å². The van der Waals surface area contributed by atoms with Crippen LogP contribution in [-0.2, 0) is 10.0 Å². The molecule has 0 saturated heterocycles. The minimum absolute atomic E-state index is 0.0871. The van der Waals surface area contributed by atoms with Gasteiger partial charge in [0.1, 0.15) is 18.1 Å². The lowest BCUT2D eigenvalue weighted by molar-refractivity contribution is 0.166. The highest BCUT2D eigenvalue weighted by atomic mass is 32.2. The lowest BCUT2D eigenvalue weighted by atomic mass is 9.96. The molecule has 0 atom stereocenters. The van der Waals surface area contributed by atoms with Crippen LogP contribution in [0.15, 0.2) is 23.1 Å². The van der Waals surface area contributed by atoms with Crippen molar-refractivity contribution in [1.82, 2.24) is 4.31 Å². The lowest BCUT2D eigenvalue weighted by Crippen LogP contribution is -2.38. The Bertz CT molecular complexity index is 608. The molecule has 0 radical (unpaired) electrons. The topological polar surface area (TPSA) is 55.8 Å². The summed E-state index contributed by atoms with van der Waals surface area (Å²) >= 11 is 0. The number of benzene rings is 1. The molecule has 1 aliphatic heterocycles. The number of rotatable bonds is 3. The molecule has 116 valence electrons. The molecule has 1 aliphatic carbocycles. The van der Waals surface area contributed by atoms with E-state index in [1.807, 2.05) is 0 Å². The van der Waals surface area contributed by atoms with E-state index >= 15 is 0 Å². The minimum atomic E-state index is -3.55. The maximum absolute atomic E-state index is 12.9. The molecule has 0 bridgehead atoms. The fourth-order valence-electron chi connectivity index (χ4n) is 3.05. The summed E-state index contributed by atoms with van der Waals surface area (Å²) in [5.74, 6) is 0.866. The van der Waals surface area contributed by atoms with E-state index in [0.717, 1.165) is 25.7 Å². The second-order valence-corrected chi connectivity index (χ2v) is 7.56. The highest BCUT2D eigenvalue weighted by Gasteiger charge is 2.33. The van der Waals surface area contributed by atoms with Crippen molar-refractivity contribution in [1.29, 1.82) is 0 Å². The Kier molecular flexibility index (Phi) is 4.08. The summed E-state index contributed by atoms with van der Waals surface area (Å²) in [7, 11) is -1.88. The SMILES string of the molecule is CN(C1CCCCC1)S(=O)(=O)c1cccc2c1OCCO2. The summed E-state index contributed by atoms with van der Waals surface area (Å²) in [6.07, 6.45) is 5.25. The van der Waals surface area contributed by atoms with Crippen molar-refractivity contribution in [3.63, 3.8) is 0 Å². The van der Waals surface area contributed by atoms with Gasteiger partial charge in [-0.1, -0.05) is 25.3 Å². The van der Waals surface area contributed by atoms with Crippen molar-refractivity contribution in [3.8, 4) is 11.5 Å². The molecule has 6 heteroatoms. The van der Waals surface area contributed by atoms with E-state index in [1.165, 1.54) is 10.7 Å². The molecule has 0 aromatic heterocycles. The van der Waals surface area contributed by atoms with E-state index in [4.69, 9.17) is 9.47 Å². The molecule has 1 fully saturated rings. The quantitative estimate of drug-likeness (QED) is 0.860. The summed E-state index contributed by atoms with van der Waals surface area (Å²) in [4.78, 5) is 0.216. The van der Waals surface area contributed by atoms with Crippen molar-refractivity contribution in [2.45, 2.75) is 43.0 Å². The normalized spacial score (nSPS) is 19.7. The van der Waals surface area contributed by atoms with Crippen LogP contribution in [0.2, 0.25) is 0 Å². The lowest BCUT2D eigenvalue weighted by Gasteiger charge is -2.31. The monoisotopic (exact) mass is 311 g/mol. The average molecular weight is 311 g/mol. The zero-order valence-corrected chi connectivity index (χ0v) is 13.1. The van der Waals surface area contributed by atoms with Gasteiger partial charge in [0.15, 0.2) is 11.5 Å². The van der Waals surface area contributed by atoms with E-state index in [9.17, 15) is 8.42 Å². The minimum Gasteiger partial charge on any atom is -0.486 e. The fourth-order valence-corrected chi connectivity index (χ4v) is 4.60. The maximum Gasteiger partial charge on any atom is 0.246 e. The molecule has 1 aromatic rings. The summed E-state index contributed by atoms with van der Waals surface area (Å²) in [5.41, 5.74) is 0. The number of sulfonamides is 1. The first-order chi connectivity index (χ1) is 10.1. The van der Waals surface area contributed by atoms with Crippen LogP contribution in [-0.4, -0.2) is 39.0 Å². The Labute approximate surface area is 125 Å². The molecule has 1 heterocycles. The molecule has 0 N–H and O–H groups in total. The van der Waals surface area contributed by atoms with Crippen molar-refractivity contribution in [2.75, 3.05) is 20.3 Å². The largest absolute Gasteiger partial charge is 0.486 e. The number of para-hydroxylation sites is 1. The van der Waals surface area contributed by atoms with E-state index in [2.05, 4.69) is 0 Å². The van der Waals surface area contributed by atoms with Gasteiger partial charge in [0.05, 0.1) is 0 Å². The smallest absolute Gasteiger partial charge is 0.246 e. The summed E-state index contributed by atoms with van der Waals surface area (Å²) < 4.78 is 38.3. The molecule has 1 saturated carbocycles. The van der Waals surface area contributed by atoms with Gasteiger partial charge in [-0.2, -0.15) is 4.31 Å². The van der Waals surface area contributed by atoms with E-state index in [0.29, 0.717) is 24.7 Å². The Morgan fingerprint density at radius 3 is 2.57 bits per heavy atom. The predicted octanol–water partition coefficient (Wildman–Crippen LogP) is 2.41. The standard InChI is InChI=1S/C15H21NO4S/c1-16(12-6-3-2-4-7-12)21(17,18)14-9-5-8-13-15(14)20-11-10-19-13/h5,8-9,12H,2-4,6-7,10-11H2,1H3. The van der Waals surface area contributed by atoms with Gasteiger partial charge in [0, 0.05) is 13.1 Å². The first-order valence-corrected chi connectivity index (χ1v) is 8.91. The number of ether oxygens (including phenoxy) is 2. The Morgan fingerprint density at radius 2 is 1.81 bits per heavy atom. The van der Waals surface area contributed by atoms with Gasteiger partial charge < -0.3 is 9.47 Å². The first kappa shape index (κ1) is 14.7.